The van der Waals surface area contributed by atoms with Gasteiger partial charge < -0.3 is 4.90 Å². The molecule has 0 saturated heterocycles. The number of rotatable bonds is 9. The van der Waals surface area contributed by atoms with Gasteiger partial charge in [-0.2, -0.15) is 5.26 Å². The van der Waals surface area contributed by atoms with Crippen LogP contribution in [0.1, 0.15) is 58.3 Å². The second kappa shape index (κ2) is 5.42. The fraction of sp³-hybridized carbons (Fsp3) is 0.938. The highest BCUT2D eigenvalue weighted by Crippen LogP contribution is 2.35. The molecule has 0 aromatic carbocycles. The molecule has 3 heteroatoms. The second-order valence-corrected chi connectivity index (χ2v) is 7.14. The fourth-order valence-corrected chi connectivity index (χ4v) is 2.97. The summed E-state index contributed by atoms with van der Waals surface area (Å²) in [5.74, 6) is 0.993. The van der Waals surface area contributed by atoms with Crippen molar-refractivity contribution in [3.8, 4) is 6.07 Å². The fourth-order valence-electron chi connectivity index (χ4n) is 2.97. The molecule has 0 spiro atoms. The summed E-state index contributed by atoms with van der Waals surface area (Å²) in [5, 5.41) is 12.9. The Balaban J connectivity index is 1.40. The summed E-state index contributed by atoms with van der Waals surface area (Å²) < 4.78 is 0. The number of nitrogens with zero attached hydrogens (tertiary/aromatic N) is 2. The van der Waals surface area contributed by atoms with Crippen LogP contribution in [-0.2, 0) is 0 Å². The van der Waals surface area contributed by atoms with Gasteiger partial charge in [0.1, 0.15) is 5.54 Å². The highest BCUT2D eigenvalue weighted by atomic mass is 15.2. The van der Waals surface area contributed by atoms with Crippen LogP contribution in [0.15, 0.2) is 0 Å². The molecule has 1 atom stereocenters. The van der Waals surface area contributed by atoms with Crippen LogP contribution in [-0.4, -0.2) is 35.6 Å². The lowest BCUT2D eigenvalue weighted by Crippen LogP contribution is -2.43. The van der Waals surface area contributed by atoms with E-state index in [2.05, 4.69) is 23.2 Å². The molecule has 3 nitrogen and oxygen atoms in total. The van der Waals surface area contributed by atoms with E-state index in [9.17, 15) is 5.26 Å². The van der Waals surface area contributed by atoms with Crippen LogP contribution in [0.5, 0.6) is 0 Å². The highest BCUT2D eigenvalue weighted by molar-refractivity contribution is 5.07. The minimum absolute atomic E-state index is 0.296. The summed E-state index contributed by atoms with van der Waals surface area (Å²) in [6.45, 7) is 4.60. The average molecular weight is 261 g/mol. The van der Waals surface area contributed by atoms with Crippen molar-refractivity contribution in [2.75, 3.05) is 13.1 Å². The topological polar surface area (TPSA) is 39.1 Å². The molecule has 1 N–H and O–H groups in total. The third-order valence-corrected chi connectivity index (χ3v) is 4.72. The molecule has 0 aliphatic heterocycles. The molecule has 3 saturated carbocycles. The van der Waals surface area contributed by atoms with Crippen LogP contribution in [0.3, 0.4) is 0 Å². The number of hydrogen-bond donors (Lipinski definition) is 1. The minimum atomic E-state index is -0.296. The zero-order valence-corrected chi connectivity index (χ0v) is 12.2. The maximum Gasteiger partial charge on any atom is 0.104 e. The normalized spacial score (nSPS) is 26.2. The molecule has 0 bridgehead atoms. The molecular formula is C16H27N3. The molecule has 3 aliphatic carbocycles. The Hall–Kier alpha value is -0.590. The Bertz CT molecular complexity index is 349. The molecule has 0 aromatic rings. The van der Waals surface area contributed by atoms with Crippen molar-refractivity contribution in [1.82, 2.24) is 10.2 Å². The molecule has 0 aromatic heterocycles. The molecule has 19 heavy (non-hydrogen) atoms. The number of hydrogen-bond acceptors (Lipinski definition) is 3. The van der Waals surface area contributed by atoms with Gasteiger partial charge in [0, 0.05) is 18.6 Å². The molecule has 3 fully saturated rings. The van der Waals surface area contributed by atoms with Crippen LogP contribution in [0, 0.1) is 17.2 Å². The summed E-state index contributed by atoms with van der Waals surface area (Å²) in [4.78, 5) is 2.70. The first kappa shape index (κ1) is 13.4. The molecule has 3 aliphatic rings. The molecule has 1 unspecified atom stereocenters. The van der Waals surface area contributed by atoms with E-state index >= 15 is 0 Å². The van der Waals surface area contributed by atoms with E-state index in [1.165, 1.54) is 51.6 Å². The first-order valence-corrected chi connectivity index (χ1v) is 8.11. The lowest BCUT2D eigenvalue weighted by Gasteiger charge is -2.26. The van der Waals surface area contributed by atoms with Gasteiger partial charge in [-0.3, -0.25) is 5.32 Å². The Labute approximate surface area is 117 Å². The standard InChI is InChI=1S/C16H27N3/c1-16(12-17,18-14-5-6-14)9-2-10-19(15-7-8-15)11-13-3-4-13/h13-15,18H,2-11H2,1H3. The van der Waals surface area contributed by atoms with Crippen molar-refractivity contribution in [2.45, 2.75) is 75.9 Å². The predicted molar refractivity (Wildman–Crippen MR) is 76.7 cm³/mol. The van der Waals surface area contributed by atoms with Gasteiger partial charge in [-0.1, -0.05) is 0 Å². The summed E-state index contributed by atoms with van der Waals surface area (Å²) in [6, 6.07) is 3.99. The highest BCUT2D eigenvalue weighted by Gasteiger charge is 2.35. The number of nitrogens with one attached hydrogen (secondary N) is 1. The van der Waals surface area contributed by atoms with Crippen LogP contribution in [0.4, 0.5) is 0 Å². The van der Waals surface area contributed by atoms with Gasteiger partial charge >= 0.3 is 0 Å². The van der Waals surface area contributed by atoms with E-state index in [1.807, 2.05) is 0 Å². The van der Waals surface area contributed by atoms with Crippen molar-refractivity contribution in [3.05, 3.63) is 0 Å². The summed E-state index contributed by atoms with van der Waals surface area (Å²) >= 11 is 0. The van der Waals surface area contributed by atoms with Crippen molar-refractivity contribution < 1.29 is 0 Å². The molecule has 3 rings (SSSR count). The Morgan fingerprint density at radius 2 is 1.95 bits per heavy atom. The minimum Gasteiger partial charge on any atom is -0.300 e. The van der Waals surface area contributed by atoms with Crippen molar-refractivity contribution in [3.63, 3.8) is 0 Å². The second-order valence-electron chi connectivity index (χ2n) is 7.14. The van der Waals surface area contributed by atoms with Crippen LogP contribution < -0.4 is 5.32 Å². The number of nitriles is 1. The first-order valence-electron chi connectivity index (χ1n) is 8.11. The molecule has 0 heterocycles. The smallest absolute Gasteiger partial charge is 0.104 e. The maximum atomic E-state index is 9.38. The Kier molecular flexibility index (Phi) is 3.82. The van der Waals surface area contributed by atoms with Gasteiger partial charge in [0.15, 0.2) is 0 Å². The van der Waals surface area contributed by atoms with E-state index in [0.29, 0.717) is 6.04 Å². The zero-order valence-electron chi connectivity index (χ0n) is 12.2. The average Bonchev–Trinajstić information content (AvgIpc) is 3.25. The van der Waals surface area contributed by atoms with E-state index in [1.54, 1.807) is 0 Å². The molecular weight excluding hydrogens is 234 g/mol. The SMILES string of the molecule is CC(C#N)(CCCN(CC1CC1)C1CC1)NC1CC1. The largest absolute Gasteiger partial charge is 0.300 e. The summed E-state index contributed by atoms with van der Waals surface area (Å²) in [7, 11) is 0. The summed E-state index contributed by atoms with van der Waals surface area (Å²) in [6.07, 6.45) is 10.4. The van der Waals surface area contributed by atoms with Crippen molar-refractivity contribution in [2.24, 2.45) is 5.92 Å². The maximum absolute atomic E-state index is 9.38. The van der Waals surface area contributed by atoms with Crippen LogP contribution in [0.25, 0.3) is 0 Å². The summed E-state index contributed by atoms with van der Waals surface area (Å²) in [5.41, 5.74) is -0.296. The lowest BCUT2D eigenvalue weighted by molar-refractivity contribution is 0.238. The van der Waals surface area contributed by atoms with Gasteiger partial charge in [-0.15, -0.1) is 0 Å². The molecule has 106 valence electrons. The Morgan fingerprint density at radius 1 is 1.21 bits per heavy atom. The lowest BCUT2D eigenvalue weighted by atomic mass is 9.97. The monoisotopic (exact) mass is 261 g/mol. The van der Waals surface area contributed by atoms with E-state index in [-0.39, 0.29) is 5.54 Å². The predicted octanol–water partition coefficient (Wildman–Crippen LogP) is 2.68. The van der Waals surface area contributed by atoms with Gasteiger partial charge in [-0.05, 0) is 70.8 Å². The Morgan fingerprint density at radius 3 is 2.47 bits per heavy atom. The zero-order chi connectivity index (χ0) is 13.3. The van der Waals surface area contributed by atoms with E-state index < -0.39 is 0 Å². The van der Waals surface area contributed by atoms with Crippen LogP contribution in [0.2, 0.25) is 0 Å². The van der Waals surface area contributed by atoms with Gasteiger partial charge in [-0.25, -0.2) is 0 Å². The molecule has 0 amide bonds. The van der Waals surface area contributed by atoms with E-state index in [0.717, 1.165) is 24.8 Å². The van der Waals surface area contributed by atoms with Crippen LogP contribution >= 0.6 is 0 Å². The van der Waals surface area contributed by atoms with Crippen molar-refractivity contribution >= 4 is 0 Å². The quantitative estimate of drug-likeness (QED) is 0.693. The first-order chi connectivity index (χ1) is 9.18. The third-order valence-electron chi connectivity index (χ3n) is 4.72. The van der Waals surface area contributed by atoms with Gasteiger partial charge in [0.2, 0.25) is 0 Å². The van der Waals surface area contributed by atoms with Gasteiger partial charge in [0.25, 0.3) is 0 Å². The van der Waals surface area contributed by atoms with E-state index in [4.69, 9.17) is 0 Å². The van der Waals surface area contributed by atoms with Crippen molar-refractivity contribution in [1.29, 1.82) is 5.26 Å². The van der Waals surface area contributed by atoms with Gasteiger partial charge in [0.05, 0.1) is 6.07 Å². The molecule has 0 radical (unpaired) electrons. The third kappa shape index (κ3) is 4.19.